The molecule has 0 radical (unpaired) electrons. The molecule has 0 aliphatic heterocycles. The van der Waals surface area contributed by atoms with Crippen molar-refractivity contribution in [3.05, 3.63) is 53.9 Å². The molecule has 182 valence electrons. The molecular weight excluding hydrogens is 456 g/mol. The molecule has 1 atom stereocenters. The highest BCUT2D eigenvalue weighted by Crippen LogP contribution is 2.21. The van der Waals surface area contributed by atoms with E-state index in [0.29, 0.717) is 35.8 Å². The van der Waals surface area contributed by atoms with Crippen LogP contribution in [0.2, 0.25) is 0 Å². The third kappa shape index (κ3) is 5.45. The second kappa shape index (κ2) is 10.4. The number of aryl methyl sites for hydroxylation is 1. The molecule has 3 rings (SSSR count). The number of hydrogen-bond donors (Lipinski definition) is 2. The smallest absolute Gasteiger partial charge is 0.251 e. The molecule has 0 saturated carbocycles. The number of amides is 2. The molecule has 0 aliphatic carbocycles. The van der Waals surface area contributed by atoms with E-state index in [4.69, 9.17) is 4.42 Å². The average molecular weight is 487 g/mol. The Morgan fingerprint density at radius 1 is 1.09 bits per heavy atom. The van der Waals surface area contributed by atoms with E-state index in [1.807, 2.05) is 13.8 Å². The Hall–Kier alpha value is -3.24. The fraction of sp³-hybridized carbons (Fsp3) is 0.375. The molecule has 0 saturated heterocycles. The Balaban J connectivity index is 1.78. The Morgan fingerprint density at radius 2 is 1.79 bits per heavy atom. The highest BCUT2D eigenvalue weighted by atomic mass is 32.2. The predicted molar refractivity (Wildman–Crippen MR) is 130 cm³/mol. The maximum atomic E-state index is 13.0. The summed E-state index contributed by atoms with van der Waals surface area (Å²) in [5.41, 5.74) is 1.90. The van der Waals surface area contributed by atoms with Gasteiger partial charge in [-0.2, -0.15) is 4.31 Å². The molecule has 1 aromatic heterocycles. The fourth-order valence-corrected chi connectivity index (χ4v) is 5.11. The largest absolute Gasteiger partial charge is 0.441 e. The maximum absolute atomic E-state index is 13.0. The summed E-state index contributed by atoms with van der Waals surface area (Å²) < 4.78 is 32.5. The monoisotopic (exact) mass is 486 g/mol. The standard InChI is InChI=1S/C24H30N4O5S/c1-6-28(7-2)34(31,32)19-10-8-9-17(13-19)23(29)27-22(15(3)4)24(30)26-18-11-12-20-21(14-18)33-16(5)25-20/h8-15,22H,6-7H2,1-5H3,(H,26,30)(H,27,29)/t22-/m1/s1. The lowest BCUT2D eigenvalue weighted by atomic mass is 10.0. The van der Waals surface area contributed by atoms with Crippen LogP contribution in [0.15, 0.2) is 51.8 Å². The molecule has 0 spiro atoms. The molecule has 0 unspecified atom stereocenters. The van der Waals surface area contributed by atoms with Gasteiger partial charge < -0.3 is 15.1 Å². The summed E-state index contributed by atoms with van der Waals surface area (Å²) in [5, 5.41) is 5.54. The molecule has 0 bridgehead atoms. The van der Waals surface area contributed by atoms with Crippen molar-refractivity contribution in [2.24, 2.45) is 5.92 Å². The normalized spacial score (nSPS) is 12.8. The van der Waals surface area contributed by atoms with Gasteiger partial charge in [-0.3, -0.25) is 9.59 Å². The molecular formula is C24H30N4O5S. The van der Waals surface area contributed by atoms with Crippen LogP contribution in [0.25, 0.3) is 11.1 Å². The van der Waals surface area contributed by atoms with Gasteiger partial charge >= 0.3 is 0 Å². The number of nitrogens with zero attached hydrogens (tertiary/aromatic N) is 2. The predicted octanol–water partition coefficient (Wildman–Crippen LogP) is 3.56. The van der Waals surface area contributed by atoms with E-state index < -0.39 is 27.9 Å². The fourth-order valence-electron chi connectivity index (χ4n) is 3.61. The van der Waals surface area contributed by atoms with Gasteiger partial charge in [0.25, 0.3) is 5.91 Å². The van der Waals surface area contributed by atoms with Crippen LogP contribution >= 0.6 is 0 Å². The van der Waals surface area contributed by atoms with Crippen LogP contribution in [0, 0.1) is 12.8 Å². The second-order valence-electron chi connectivity index (χ2n) is 8.22. The first-order chi connectivity index (χ1) is 16.1. The van der Waals surface area contributed by atoms with Gasteiger partial charge in [-0.15, -0.1) is 0 Å². The summed E-state index contributed by atoms with van der Waals surface area (Å²) >= 11 is 0. The van der Waals surface area contributed by atoms with Crippen LogP contribution in [0.4, 0.5) is 5.69 Å². The van der Waals surface area contributed by atoms with Gasteiger partial charge in [0.15, 0.2) is 11.5 Å². The van der Waals surface area contributed by atoms with Crippen molar-refractivity contribution in [3.8, 4) is 0 Å². The third-order valence-corrected chi connectivity index (χ3v) is 7.48. The number of carbonyl (C=O) groups excluding carboxylic acids is 2. The quantitative estimate of drug-likeness (QED) is 0.477. The Bertz CT molecular complexity index is 1300. The van der Waals surface area contributed by atoms with Crippen LogP contribution in [0.5, 0.6) is 0 Å². The van der Waals surface area contributed by atoms with Gasteiger partial charge in [0.05, 0.1) is 4.90 Å². The van der Waals surface area contributed by atoms with Crippen LogP contribution in [0.1, 0.15) is 43.9 Å². The maximum Gasteiger partial charge on any atom is 0.251 e. The summed E-state index contributed by atoms with van der Waals surface area (Å²) in [6, 6.07) is 10.1. The van der Waals surface area contributed by atoms with Crippen molar-refractivity contribution < 1.29 is 22.4 Å². The number of sulfonamides is 1. The van der Waals surface area contributed by atoms with E-state index in [1.165, 1.54) is 28.6 Å². The molecule has 0 aliphatic rings. The topological polar surface area (TPSA) is 122 Å². The zero-order valence-corrected chi connectivity index (χ0v) is 20.8. The number of fused-ring (bicyclic) bond motifs is 1. The number of rotatable bonds is 9. The van der Waals surface area contributed by atoms with Crippen molar-refractivity contribution in [1.29, 1.82) is 0 Å². The van der Waals surface area contributed by atoms with Gasteiger partial charge in [0.1, 0.15) is 11.6 Å². The van der Waals surface area contributed by atoms with E-state index in [-0.39, 0.29) is 16.4 Å². The number of anilines is 1. The number of benzene rings is 2. The summed E-state index contributed by atoms with van der Waals surface area (Å²) in [7, 11) is -3.72. The lowest BCUT2D eigenvalue weighted by Crippen LogP contribution is -2.47. The Morgan fingerprint density at radius 3 is 2.44 bits per heavy atom. The number of nitrogens with one attached hydrogen (secondary N) is 2. The molecule has 2 amide bonds. The zero-order chi connectivity index (χ0) is 25.0. The first kappa shape index (κ1) is 25.4. The minimum Gasteiger partial charge on any atom is -0.441 e. The molecule has 3 aromatic rings. The van der Waals surface area contributed by atoms with E-state index >= 15 is 0 Å². The first-order valence-corrected chi connectivity index (χ1v) is 12.6. The third-order valence-electron chi connectivity index (χ3n) is 5.44. The van der Waals surface area contributed by atoms with Crippen molar-refractivity contribution >= 4 is 38.6 Å². The van der Waals surface area contributed by atoms with Crippen molar-refractivity contribution in [2.75, 3.05) is 18.4 Å². The molecule has 0 fully saturated rings. The van der Waals surface area contributed by atoms with E-state index in [0.717, 1.165) is 0 Å². The number of oxazole rings is 1. The number of hydrogen-bond acceptors (Lipinski definition) is 6. The van der Waals surface area contributed by atoms with E-state index in [9.17, 15) is 18.0 Å². The molecule has 10 heteroatoms. The Kier molecular flexibility index (Phi) is 7.73. The van der Waals surface area contributed by atoms with Crippen LogP contribution < -0.4 is 10.6 Å². The van der Waals surface area contributed by atoms with Crippen molar-refractivity contribution in [1.82, 2.24) is 14.6 Å². The Labute approximate surface area is 199 Å². The minimum absolute atomic E-state index is 0.0325. The summed E-state index contributed by atoms with van der Waals surface area (Å²) in [4.78, 5) is 30.2. The summed E-state index contributed by atoms with van der Waals surface area (Å²) in [6.07, 6.45) is 0. The van der Waals surface area contributed by atoms with E-state index in [2.05, 4.69) is 15.6 Å². The summed E-state index contributed by atoms with van der Waals surface area (Å²) in [6.45, 7) is 9.53. The average Bonchev–Trinajstić information content (AvgIpc) is 3.17. The van der Waals surface area contributed by atoms with Crippen molar-refractivity contribution in [3.63, 3.8) is 0 Å². The highest BCUT2D eigenvalue weighted by molar-refractivity contribution is 7.89. The van der Waals surface area contributed by atoms with Gasteiger partial charge in [-0.05, 0) is 36.2 Å². The van der Waals surface area contributed by atoms with Crippen LogP contribution in [-0.2, 0) is 14.8 Å². The minimum atomic E-state index is -3.72. The lowest BCUT2D eigenvalue weighted by molar-refractivity contribution is -0.118. The summed E-state index contributed by atoms with van der Waals surface area (Å²) in [5.74, 6) is -0.628. The molecule has 1 heterocycles. The highest BCUT2D eigenvalue weighted by Gasteiger charge is 2.27. The SMILES string of the molecule is CCN(CC)S(=O)(=O)c1cccc(C(=O)N[C@@H](C(=O)Nc2ccc3nc(C)oc3c2)C(C)C)c1. The zero-order valence-electron chi connectivity index (χ0n) is 20.0. The molecule has 2 N–H and O–H groups in total. The van der Waals surface area contributed by atoms with Crippen molar-refractivity contribution in [2.45, 2.75) is 45.6 Å². The number of aromatic nitrogens is 1. The van der Waals surface area contributed by atoms with E-state index in [1.54, 1.807) is 39.0 Å². The van der Waals surface area contributed by atoms with Crippen LogP contribution in [0.3, 0.4) is 0 Å². The molecule has 2 aromatic carbocycles. The lowest BCUT2D eigenvalue weighted by Gasteiger charge is -2.22. The van der Waals surface area contributed by atoms with Gasteiger partial charge in [-0.1, -0.05) is 33.8 Å². The second-order valence-corrected chi connectivity index (χ2v) is 10.2. The van der Waals surface area contributed by atoms with Gasteiger partial charge in [0.2, 0.25) is 15.9 Å². The molecule has 9 nitrogen and oxygen atoms in total. The van der Waals surface area contributed by atoms with Crippen LogP contribution in [-0.4, -0.2) is 48.7 Å². The van der Waals surface area contributed by atoms with Gasteiger partial charge in [-0.25, -0.2) is 13.4 Å². The van der Waals surface area contributed by atoms with Gasteiger partial charge in [0, 0.05) is 37.3 Å². The first-order valence-electron chi connectivity index (χ1n) is 11.2. The molecule has 34 heavy (non-hydrogen) atoms. The number of carbonyl (C=O) groups is 2.